The Morgan fingerprint density at radius 2 is 1.89 bits per heavy atom. The van der Waals surface area contributed by atoms with Gasteiger partial charge >= 0.3 is 5.97 Å². The summed E-state index contributed by atoms with van der Waals surface area (Å²) in [6, 6.07) is 9.38. The molecule has 0 saturated carbocycles. The van der Waals surface area contributed by atoms with Gasteiger partial charge in [-0.15, -0.1) is 0 Å². The maximum atomic E-state index is 11.1. The van der Waals surface area contributed by atoms with Crippen LogP contribution in [-0.2, 0) is 0 Å². The van der Waals surface area contributed by atoms with E-state index >= 15 is 0 Å². The van der Waals surface area contributed by atoms with Crippen LogP contribution in [0.1, 0.15) is 15.9 Å². The Hall–Kier alpha value is -2.36. The normalized spacial score (nSPS) is 10.1. The number of hydrogen-bond acceptors (Lipinski definition) is 3. The fraction of sp³-hybridized carbons (Fsp3) is 0.143. The molecule has 0 fully saturated rings. The van der Waals surface area contributed by atoms with Gasteiger partial charge in [0.1, 0.15) is 5.56 Å². The van der Waals surface area contributed by atoms with Crippen LogP contribution in [0, 0.1) is 6.92 Å². The molecule has 1 heterocycles. The highest BCUT2D eigenvalue weighted by Crippen LogP contribution is 2.24. The number of carboxylic acids is 1. The number of hydrogen-bond donors (Lipinski definition) is 1. The molecule has 0 spiro atoms. The number of rotatable bonds is 3. The molecule has 0 aliphatic carbocycles. The second-order valence-corrected chi connectivity index (χ2v) is 3.95. The van der Waals surface area contributed by atoms with Crippen molar-refractivity contribution in [2.45, 2.75) is 6.92 Å². The SMILES string of the molecule is COc1ncc(-c2ccc(C)cc2)cc1C(=O)O. The summed E-state index contributed by atoms with van der Waals surface area (Å²) in [6.07, 6.45) is 1.61. The fourth-order valence-electron chi connectivity index (χ4n) is 1.67. The molecule has 1 N–H and O–H groups in total. The van der Waals surface area contributed by atoms with E-state index < -0.39 is 5.97 Å². The highest BCUT2D eigenvalue weighted by molar-refractivity contribution is 5.91. The lowest BCUT2D eigenvalue weighted by Crippen LogP contribution is -2.02. The van der Waals surface area contributed by atoms with E-state index in [4.69, 9.17) is 9.84 Å². The lowest BCUT2D eigenvalue weighted by atomic mass is 10.0. The van der Waals surface area contributed by atoms with E-state index in [2.05, 4.69) is 4.98 Å². The van der Waals surface area contributed by atoms with Crippen LogP contribution < -0.4 is 4.74 Å². The third kappa shape index (κ3) is 2.32. The molecule has 0 aliphatic heterocycles. The Morgan fingerprint density at radius 3 is 2.44 bits per heavy atom. The maximum Gasteiger partial charge on any atom is 0.341 e. The number of aromatic nitrogens is 1. The van der Waals surface area contributed by atoms with Crippen molar-refractivity contribution in [3.8, 4) is 17.0 Å². The number of carboxylic acid groups (broad SMARTS) is 1. The first kappa shape index (κ1) is 12.1. The molecule has 0 radical (unpaired) electrons. The first-order chi connectivity index (χ1) is 8.61. The van der Waals surface area contributed by atoms with Crippen molar-refractivity contribution in [2.24, 2.45) is 0 Å². The second kappa shape index (κ2) is 4.87. The Balaban J connectivity index is 2.49. The molecule has 4 heteroatoms. The van der Waals surface area contributed by atoms with E-state index in [0.29, 0.717) is 0 Å². The summed E-state index contributed by atoms with van der Waals surface area (Å²) in [7, 11) is 1.40. The van der Waals surface area contributed by atoms with Crippen LogP contribution in [0.5, 0.6) is 5.88 Å². The molecule has 0 aliphatic rings. The molecule has 4 nitrogen and oxygen atoms in total. The smallest absolute Gasteiger partial charge is 0.341 e. The monoisotopic (exact) mass is 243 g/mol. The van der Waals surface area contributed by atoms with Gasteiger partial charge in [-0.2, -0.15) is 0 Å². The Bertz CT molecular complexity index is 576. The summed E-state index contributed by atoms with van der Waals surface area (Å²) in [5.41, 5.74) is 2.90. The van der Waals surface area contributed by atoms with Gasteiger partial charge in [-0.1, -0.05) is 29.8 Å². The molecule has 0 saturated heterocycles. The second-order valence-electron chi connectivity index (χ2n) is 3.95. The van der Waals surface area contributed by atoms with Crippen molar-refractivity contribution in [2.75, 3.05) is 7.11 Å². The number of carbonyl (C=O) groups is 1. The van der Waals surface area contributed by atoms with E-state index in [1.54, 1.807) is 12.3 Å². The van der Waals surface area contributed by atoms with Crippen LogP contribution in [0.2, 0.25) is 0 Å². The Kier molecular flexibility index (Phi) is 3.28. The van der Waals surface area contributed by atoms with E-state index in [-0.39, 0.29) is 11.4 Å². The van der Waals surface area contributed by atoms with Crippen LogP contribution in [0.3, 0.4) is 0 Å². The van der Waals surface area contributed by atoms with Crippen LogP contribution >= 0.6 is 0 Å². The van der Waals surface area contributed by atoms with Gasteiger partial charge in [-0.05, 0) is 18.6 Å². The van der Waals surface area contributed by atoms with Crippen molar-refractivity contribution in [1.29, 1.82) is 0 Å². The molecule has 1 aromatic carbocycles. The Morgan fingerprint density at radius 1 is 1.22 bits per heavy atom. The van der Waals surface area contributed by atoms with Crippen LogP contribution in [0.25, 0.3) is 11.1 Å². The summed E-state index contributed by atoms with van der Waals surface area (Å²) in [4.78, 5) is 15.1. The van der Waals surface area contributed by atoms with Gasteiger partial charge in [0, 0.05) is 11.8 Å². The van der Waals surface area contributed by atoms with Gasteiger partial charge in [0.2, 0.25) is 5.88 Å². The topological polar surface area (TPSA) is 59.4 Å². The van der Waals surface area contributed by atoms with Crippen molar-refractivity contribution in [3.63, 3.8) is 0 Å². The lowest BCUT2D eigenvalue weighted by molar-refractivity contribution is 0.0692. The van der Waals surface area contributed by atoms with E-state index in [1.165, 1.54) is 7.11 Å². The van der Waals surface area contributed by atoms with Gasteiger partial charge in [0.15, 0.2) is 0 Å². The quantitative estimate of drug-likeness (QED) is 0.900. The van der Waals surface area contributed by atoms with Crippen molar-refractivity contribution in [1.82, 2.24) is 4.98 Å². The standard InChI is InChI=1S/C14H13NO3/c1-9-3-5-10(6-4-9)11-7-12(14(16)17)13(18-2)15-8-11/h3-8H,1-2H3,(H,16,17). The van der Waals surface area contributed by atoms with E-state index in [9.17, 15) is 4.79 Å². The molecule has 1 aromatic heterocycles. The highest BCUT2D eigenvalue weighted by atomic mass is 16.5. The summed E-state index contributed by atoms with van der Waals surface area (Å²) in [6.45, 7) is 2.00. The minimum Gasteiger partial charge on any atom is -0.480 e. The number of pyridine rings is 1. The number of benzene rings is 1. The third-order valence-electron chi connectivity index (χ3n) is 2.66. The maximum absolute atomic E-state index is 11.1. The molecule has 0 unspecified atom stereocenters. The summed E-state index contributed by atoms with van der Waals surface area (Å²) in [5, 5.41) is 9.09. The van der Waals surface area contributed by atoms with Gasteiger partial charge in [-0.3, -0.25) is 0 Å². The zero-order chi connectivity index (χ0) is 13.1. The minimum absolute atomic E-state index is 0.0653. The molecule has 2 rings (SSSR count). The summed E-state index contributed by atoms with van der Waals surface area (Å²) in [5.74, 6) is -0.924. The minimum atomic E-state index is -1.05. The predicted octanol–water partition coefficient (Wildman–Crippen LogP) is 2.76. The molecule has 0 bridgehead atoms. The van der Waals surface area contributed by atoms with E-state index in [1.807, 2.05) is 31.2 Å². The van der Waals surface area contributed by atoms with E-state index in [0.717, 1.165) is 16.7 Å². The predicted molar refractivity (Wildman–Crippen MR) is 67.9 cm³/mol. The number of aryl methyl sites for hydroxylation is 1. The Labute approximate surface area is 105 Å². The molecule has 2 aromatic rings. The molecule has 0 amide bonds. The van der Waals surface area contributed by atoms with Crippen molar-refractivity contribution < 1.29 is 14.6 Å². The first-order valence-corrected chi connectivity index (χ1v) is 5.46. The zero-order valence-corrected chi connectivity index (χ0v) is 10.2. The lowest BCUT2D eigenvalue weighted by Gasteiger charge is -2.07. The highest BCUT2D eigenvalue weighted by Gasteiger charge is 2.13. The zero-order valence-electron chi connectivity index (χ0n) is 10.2. The summed E-state index contributed by atoms with van der Waals surface area (Å²) >= 11 is 0. The number of aromatic carboxylic acids is 1. The van der Waals surface area contributed by atoms with Crippen LogP contribution in [-0.4, -0.2) is 23.2 Å². The molecule has 0 atom stereocenters. The van der Waals surface area contributed by atoms with Gasteiger partial charge in [-0.25, -0.2) is 9.78 Å². The van der Waals surface area contributed by atoms with Gasteiger partial charge in [0.25, 0.3) is 0 Å². The summed E-state index contributed by atoms with van der Waals surface area (Å²) < 4.78 is 4.92. The van der Waals surface area contributed by atoms with Gasteiger partial charge < -0.3 is 9.84 Å². The first-order valence-electron chi connectivity index (χ1n) is 5.46. The molecule has 18 heavy (non-hydrogen) atoms. The molecule has 92 valence electrons. The van der Waals surface area contributed by atoms with Crippen molar-refractivity contribution in [3.05, 3.63) is 47.7 Å². The number of methoxy groups -OCH3 is 1. The number of nitrogens with zero attached hydrogens (tertiary/aromatic N) is 1. The number of ether oxygens (including phenoxy) is 1. The molecular weight excluding hydrogens is 230 g/mol. The fourth-order valence-corrected chi connectivity index (χ4v) is 1.67. The average molecular weight is 243 g/mol. The van der Waals surface area contributed by atoms with Crippen molar-refractivity contribution >= 4 is 5.97 Å². The third-order valence-corrected chi connectivity index (χ3v) is 2.66. The van der Waals surface area contributed by atoms with Gasteiger partial charge in [0.05, 0.1) is 7.11 Å². The van der Waals surface area contributed by atoms with Crippen LogP contribution in [0.4, 0.5) is 0 Å². The largest absolute Gasteiger partial charge is 0.480 e. The average Bonchev–Trinajstić information content (AvgIpc) is 2.39. The molecular formula is C14H13NO3. The van der Waals surface area contributed by atoms with Crippen LogP contribution in [0.15, 0.2) is 36.5 Å².